The van der Waals surface area contributed by atoms with E-state index in [1.165, 1.54) is 5.39 Å². The molecule has 0 saturated carbocycles. The number of aromatic nitrogens is 1. The Balaban J connectivity index is 2.18. The molecule has 0 spiro atoms. The van der Waals surface area contributed by atoms with Gasteiger partial charge in [0.2, 0.25) is 0 Å². The van der Waals surface area contributed by atoms with Crippen LogP contribution in [0.15, 0.2) is 30.3 Å². The number of nitrogens with one attached hydrogen (secondary N) is 2. The highest BCUT2D eigenvalue weighted by Crippen LogP contribution is 2.18. The first-order valence-corrected chi connectivity index (χ1v) is 6.03. The molecule has 0 aliphatic carbocycles. The first kappa shape index (κ1) is 12.1. The van der Waals surface area contributed by atoms with Gasteiger partial charge >= 0.3 is 0 Å². The van der Waals surface area contributed by atoms with Crippen molar-refractivity contribution in [2.24, 2.45) is 0 Å². The summed E-state index contributed by atoms with van der Waals surface area (Å²) in [6.07, 6.45) is 0.569. The molecule has 1 atom stereocenters. The largest absolute Gasteiger partial charge is 0.376 e. The molecule has 3 heteroatoms. The predicted molar refractivity (Wildman–Crippen MR) is 70.9 cm³/mol. The van der Waals surface area contributed by atoms with Gasteiger partial charge in [-0.3, -0.25) is 5.32 Å². The van der Waals surface area contributed by atoms with E-state index < -0.39 is 5.72 Å². The van der Waals surface area contributed by atoms with Crippen molar-refractivity contribution in [2.75, 3.05) is 0 Å². The van der Waals surface area contributed by atoms with Crippen LogP contribution in [0.5, 0.6) is 0 Å². The molecule has 1 aromatic carbocycles. The predicted octanol–water partition coefficient (Wildman–Crippen LogP) is 2.42. The average Bonchev–Trinajstić information content (AvgIpc) is 2.55. The van der Waals surface area contributed by atoms with Gasteiger partial charge in [0.1, 0.15) is 5.72 Å². The SMILES string of the molecule is CC(C)N[C@@](C)(O)Cc1cc2ccccc2[nH]1. The van der Waals surface area contributed by atoms with Crippen LogP contribution in [0, 0.1) is 0 Å². The zero-order chi connectivity index (χ0) is 12.5. The third-order valence-electron chi connectivity index (χ3n) is 2.72. The van der Waals surface area contributed by atoms with Crippen molar-refractivity contribution in [1.29, 1.82) is 0 Å². The van der Waals surface area contributed by atoms with Crippen molar-refractivity contribution < 1.29 is 5.11 Å². The van der Waals surface area contributed by atoms with Crippen LogP contribution in [0.4, 0.5) is 0 Å². The number of aromatic amines is 1. The Hall–Kier alpha value is -1.32. The van der Waals surface area contributed by atoms with Gasteiger partial charge in [0.05, 0.1) is 0 Å². The fraction of sp³-hybridized carbons (Fsp3) is 0.429. The second-order valence-electron chi connectivity index (χ2n) is 5.13. The van der Waals surface area contributed by atoms with Gasteiger partial charge < -0.3 is 10.1 Å². The van der Waals surface area contributed by atoms with Crippen LogP contribution < -0.4 is 5.32 Å². The van der Waals surface area contributed by atoms with Crippen LogP contribution >= 0.6 is 0 Å². The van der Waals surface area contributed by atoms with Gasteiger partial charge in [-0.1, -0.05) is 18.2 Å². The number of hydrogen-bond donors (Lipinski definition) is 3. The molecular weight excluding hydrogens is 212 g/mol. The molecule has 0 aliphatic heterocycles. The molecule has 92 valence electrons. The highest BCUT2D eigenvalue weighted by atomic mass is 16.3. The van der Waals surface area contributed by atoms with E-state index in [0.29, 0.717) is 6.42 Å². The fourth-order valence-corrected chi connectivity index (χ4v) is 2.27. The van der Waals surface area contributed by atoms with E-state index in [1.807, 2.05) is 32.0 Å². The Kier molecular flexibility index (Phi) is 3.22. The molecule has 0 aliphatic rings. The fourth-order valence-electron chi connectivity index (χ4n) is 2.27. The van der Waals surface area contributed by atoms with E-state index >= 15 is 0 Å². The quantitative estimate of drug-likeness (QED) is 0.709. The Morgan fingerprint density at radius 1 is 1.35 bits per heavy atom. The van der Waals surface area contributed by atoms with Crippen molar-refractivity contribution in [3.63, 3.8) is 0 Å². The van der Waals surface area contributed by atoms with Crippen molar-refractivity contribution in [3.05, 3.63) is 36.0 Å². The molecule has 17 heavy (non-hydrogen) atoms. The number of aliphatic hydroxyl groups is 1. The van der Waals surface area contributed by atoms with Crippen LogP contribution in [0.3, 0.4) is 0 Å². The number of rotatable bonds is 4. The van der Waals surface area contributed by atoms with Crippen molar-refractivity contribution in [1.82, 2.24) is 10.3 Å². The van der Waals surface area contributed by atoms with E-state index in [2.05, 4.69) is 22.4 Å². The minimum Gasteiger partial charge on any atom is -0.376 e. The standard InChI is InChI=1S/C14H20N2O/c1-10(2)16-14(3,17)9-12-8-11-6-4-5-7-13(11)15-12/h4-8,10,15-17H,9H2,1-3H3/t14-/m0/s1. The monoisotopic (exact) mass is 232 g/mol. The summed E-state index contributed by atoms with van der Waals surface area (Å²) in [5.41, 5.74) is 1.28. The van der Waals surface area contributed by atoms with Crippen LogP contribution in [0.2, 0.25) is 0 Å². The first-order chi connectivity index (χ1) is 7.96. The lowest BCUT2D eigenvalue weighted by Gasteiger charge is -2.26. The molecule has 0 saturated heterocycles. The Morgan fingerprint density at radius 2 is 2.06 bits per heavy atom. The molecule has 3 N–H and O–H groups in total. The summed E-state index contributed by atoms with van der Waals surface area (Å²) in [6, 6.07) is 10.5. The van der Waals surface area contributed by atoms with Crippen molar-refractivity contribution >= 4 is 10.9 Å². The van der Waals surface area contributed by atoms with Crippen molar-refractivity contribution in [2.45, 2.75) is 39.0 Å². The summed E-state index contributed by atoms with van der Waals surface area (Å²) in [7, 11) is 0. The number of hydrogen-bond acceptors (Lipinski definition) is 2. The molecule has 0 radical (unpaired) electrons. The van der Waals surface area contributed by atoms with Crippen LogP contribution in [0.25, 0.3) is 10.9 Å². The third kappa shape index (κ3) is 3.08. The molecule has 2 aromatic rings. The first-order valence-electron chi connectivity index (χ1n) is 6.03. The summed E-state index contributed by atoms with van der Waals surface area (Å²) in [5, 5.41) is 14.6. The lowest BCUT2D eigenvalue weighted by atomic mass is 10.1. The maximum Gasteiger partial charge on any atom is 0.118 e. The van der Waals surface area contributed by atoms with Crippen LogP contribution in [-0.4, -0.2) is 21.9 Å². The van der Waals surface area contributed by atoms with Crippen LogP contribution in [-0.2, 0) is 6.42 Å². The van der Waals surface area contributed by atoms with Gasteiger partial charge in [0, 0.05) is 23.7 Å². The molecule has 0 bridgehead atoms. The van der Waals surface area contributed by atoms with Crippen LogP contribution in [0.1, 0.15) is 26.5 Å². The molecule has 1 aromatic heterocycles. The maximum atomic E-state index is 10.2. The third-order valence-corrected chi connectivity index (χ3v) is 2.72. The topological polar surface area (TPSA) is 48.0 Å². The van der Waals surface area contributed by atoms with Gasteiger partial charge in [-0.2, -0.15) is 0 Å². The number of para-hydroxylation sites is 1. The lowest BCUT2D eigenvalue weighted by Crippen LogP contribution is -2.47. The molecule has 2 rings (SSSR count). The number of H-pyrrole nitrogens is 1. The van der Waals surface area contributed by atoms with E-state index in [1.54, 1.807) is 6.92 Å². The van der Waals surface area contributed by atoms with Gasteiger partial charge in [-0.15, -0.1) is 0 Å². The normalized spacial score (nSPS) is 15.4. The van der Waals surface area contributed by atoms with Crippen molar-refractivity contribution in [3.8, 4) is 0 Å². The summed E-state index contributed by atoms with van der Waals surface area (Å²) in [4.78, 5) is 3.32. The maximum absolute atomic E-state index is 10.2. The zero-order valence-electron chi connectivity index (χ0n) is 10.6. The van der Waals surface area contributed by atoms with E-state index in [4.69, 9.17) is 0 Å². The number of fused-ring (bicyclic) bond motifs is 1. The molecule has 0 fully saturated rings. The smallest absolute Gasteiger partial charge is 0.118 e. The second kappa shape index (κ2) is 4.51. The second-order valence-corrected chi connectivity index (χ2v) is 5.13. The van der Waals surface area contributed by atoms with Gasteiger partial charge in [-0.25, -0.2) is 0 Å². The highest BCUT2D eigenvalue weighted by molar-refractivity contribution is 5.80. The highest BCUT2D eigenvalue weighted by Gasteiger charge is 2.22. The number of benzene rings is 1. The van der Waals surface area contributed by atoms with E-state index in [0.717, 1.165) is 11.2 Å². The molecule has 1 heterocycles. The van der Waals surface area contributed by atoms with E-state index in [-0.39, 0.29) is 6.04 Å². The zero-order valence-corrected chi connectivity index (χ0v) is 10.6. The van der Waals surface area contributed by atoms with E-state index in [9.17, 15) is 5.11 Å². The average molecular weight is 232 g/mol. The summed E-state index contributed by atoms with van der Waals surface area (Å²) < 4.78 is 0. The van der Waals surface area contributed by atoms with Gasteiger partial charge in [0.15, 0.2) is 0 Å². The Morgan fingerprint density at radius 3 is 2.71 bits per heavy atom. The summed E-state index contributed by atoms with van der Waals surface area (Å²) in [6.45, 7) is 5.86. The minimum atomic E-state index is -0.880. The molecule has 0 unspecified atom stereocenters. The van der Waals surface area contributed by atoms with Gasteiger partial charge in [-0.05, 0) is 38.3 Å². The Bertz CT molecular complexity index is 467. The lowest BCUT2D eigenvalue weighted by molar-refractivity contribution is 0.0159. The molecule has 0 amide bonds. The molecular formula is C14H20N2O. The Labute approximate surface area is 102 Å². The summed E-state index contributed by atoms with van der Waals surface area (Å²) >= 11 is 0. The summed E-state index contributed by atoms with van der Waals surface area (Å²) in [5.74, 6) is 0. The van der Waals surface area contributed by atoms with Gasteiger partial charge in [0.25, 0.3) is 0 Å². The molecule has 3 nitrogen and oxygen atoms in total. The minimum absolute atomic E-state index is 0.259.